The summed E-state index contributed by atoms with van der Waals surface area (Å²) >= 11 is 0. The van der Waals surface area contributed by atoms with Crippen molar-refractivity contribution >= 4 is 43.9 Å². The van der Waals surface area contributed by atoms with Crippen LogP contribution in [0.4, 0.5) is 0 Å². The molecular weight excluding hydrogens is 480 g/mol. The van der Waals surface area contributed by atoms with Crippen molar-refractivity contribution in [2.24, 2.45) is 0 Å². The van der Waals surface area contributed by atoms with Crippen molar-refractivity contribution in [3.63, 3.8) is 0 Å². The quantitative estimate of drug-likeness (QED) is 0.257. The number of hydrogen-bond acceptors (Lipinski definition) is 3. The fourth-order valence-electron chi connectivity index (χ4n) is 5.57. The Bertz CT molecular complexity index is 1990. The third-order valence-corrected chi connectivity index (χ3v) is 7.41. The lowest BCUT2D eigenvalue weighted by molar-refractivity contribution is 1.13. The number of hydrogen-bond donors (Lipinski definition) is 2. The summed E-state index contributed by atoms with van der Waals surface area (Å²) in [6, 6.07) is 33.6. The van der Waals surface area contributed by atoms with Crippen molar-refractivity contribution in [2.75, 3.05) is 0 Å². The molecule has 4 aromatic carbocycles. The van der Waals surface area contributed by atoms with Crippen LogP contribution in [-0.2, 0) is 0 Å². The van der Waals surface area contributed by atoms with E-state index in [2.05, 4.69) is 76.9 Å². The Morgan fingerprint density at radius 1 is 0.538 bits per heavy atom. The minimum absolute atomic E-state index is 0.725. The lowest BCUT2D eigenvalue weighted by Gasteiger charge is -2.11. The van der Waals surface area contributed by atoms with Gasteiger partial charge in [-0.25, -0.2) is 15.0 Å². The Balaban J connectivity index is 1.44. The van der Waals surface area contributed by atoms with Crippen molar-refractivity contribution < 1.29 is 0 Å². The van der Waals surface area contributed by atoms with Crippen molar-refractivity contribution in [2.45, 2.75) is 13.8 Å². The molecule has 4 aromatic heterocycles. The fourth-order valence-corrected chi connectivity index (χ4v) is 5.57. The van der Waals surface area contributed by atoms with Crippen LogP contribution in [0.25, 0.3) is 72.6 Å². The van der Waals surface area contributed by atoms with Gasteiger partial charge in [0.2, 0.25) is 0 Å². The van der Waals surface area contributed by atoms with E-state index >= 15 is 0 Å². The fraction of sp³-hybridized carbons (Fsp3) is 0.0606. The molecule has 0 bridgehead atoms. The molecule has 0 saturated carbocycles. The van der Waals surface area contributed by atoms with E-state index in [0.717, 1.165) is 61.8 Å². The largest absolute Gasteiger partial charge is 0.337 e. The number of benzene rings is 4. The van der Waals surface area contributed by atoms with Gasteiger partial charge in [-0.1, -0.05) is 47.5 Å². The number of nitrogens with one attached hydrogen (secondary N) is 2. The van der Waals surface area contributed by atoms with Gasteiger partial charge in [0, 0.05) is 10.8 Å². The number of para-hydroxylation sites is 4. The first-order valence-corrected chi connectivity index (χ1v) is 13.0. The van der Waals surface area contributed by atoms with E-state index < -0.39 is 0 Å². The number of aromatic nitrogens is 6. The zero-order valence-electron chi connectivity index (χ0n) is 21.5. The molecule has 0 aliphatic heterocycles. The second-order valence-electron chi connectivity index (χ2n) is 10.2. The van der Waals surface area contributed by atoms with Gasteiger partial charge in [0.25, 0.3) is 0 Å². The molecule has 2 N–H and O–H groups in total. The zero-order chi connectivity index (χ0) is 26.1. The topological polar surface area (TPSA) is 75.2 Å². The van der Waals surface area contributed by atoms with Crippen LogP contribution >= 0.6 is 0 Å². The highest BCUT2D eigenvalue weighted by molar-refractivity contribution is 6.09. The number of rotatable bonds is 3. The lowest BCUT2D eigenvalue weighted by atomic mass is 10.1. The molecule has 39 heavy (non-hydrogen) atoms. The summed E-state index contributed by atoms with van der Waals surface area (Å²) in [5, 5.41) is 2.47. The molecule has 186 valence electrons. The van der Waals surface area contributed by atoms with Crippen LogP contribution < -0.4 is 0 Å². The van der Waals surface area contributed by atoms with E-state index in [0.29, 0.717) is 0 Å². The van der Waals surface area contributed by atoms with E-state index in [1.165, 1.54) is 21.9 Å². The molecule has 0 aliphatic carbocycles. The molecule has 6 nitrogen and oxygen atoms in total. The Hall–Kier alpha value is -5.23. The minimum Gasteiger partial charge on any atom is -0.337 e. The first-order valence-electron chi connectivity index (χ1n) is 13.0. The summed E-state index contributed by atoms with van der Waals surface area (Å²) < 4.78 is 2.32. The van der Waals surface area contributed by atoms with Crippen LogP contribution in [0.15, 0.2) is 97.1 Å². The van der Waals surface area contributed by atoms with Gasteiger partial charge in [-0.3, -0.25) is 0 Å². The maximum Gasteiger partial charge on any atom is 0.157 e. The normalized spacial score (nSPS) is 11.8. The molecule has 0 aliphatic rings. The van der Waals surface area contributed by atoms with Crippen LogP contribution in [0, 0.1) is 13.8 Å². The first-order chi connectivity index (χ1) is 19.1. The SMILES string of the molecule is Cc1ccc2c(c1)c1cc(C)ccc1n2-c1cc(-c2nc3ccccc3[nH]2)nc(-c2nc3ccccc3[nH]2)c1. The molecular formula is C33H24N6. The molecule has 0 amide bonds. The van der Waals surface area contributed by atoms with Gasteiger partial charge < -0.3 is 14.5 Å². The second kappa shape index (κ2) is 8.13. The summed E-state index contributed by atoms with van der Waals surface area (Å²) in [7, 11) is 0. The van der Waals surface area contributed by atoms with E-state index in [4.69, 9.17) is 15.0 Å². The number of imidazole rings is 2. The first kappa shape index (κ1) is 21.8. The zero-order valence-corrected chi connectivity index (χ0v) is 21.5. The summed E-state index contributed by atoms with van der Waals surface area (Å²) in [4.78, 5) is 21.7. The highest BCUT2D eigenvalue weighted by atomic mass is 15.0. The summed E-state index contributed by atoms with van der Waals surface area (Å²) in [5.41, 5.74) is 11.1. The minimum atomic E-state index is 0.725. The van der Waals surface area contributed by atoms with Gasteiger partial charge in [0.05, 0.1) is 38.8 Å². The van der Waals surface area contributed by atoms with Gasteiger partial charge in [-0.05, 0) is 74.5 Å². The molecule has 0 radical (unpaired) electrons. The number of aromatic amines is 2. The van der Waals surface area contributed by atoms with Gasteiger partial charge in [0.1, 0.15) is 11.4 Å². The maximum atomic E-state index is 5.06. The van der Waals surface area contributed by atoms with Gasteiger partial charge in [-0.2, -0.15) is 0 Å². The van der Waals surface area contributed by atoms with Crippen LogP contribution in [0.3, 0.4) is 0 Å². The average molecular weight is 505 g/mol. The molecule has 6 heteroatoms. The van der Waals surface area contributed by atoms with Crippen LogP contribution in [0.5, 0.6) is 0 Å². The van der Waals surface area contributed by atoms with Gasteiger partial charge in [0.15, 0.2) is 11.6 Å². The van der Waals surface area contributed by atoms with Gasteiger partial charge in [-0.15, -0.1) is 0 Å². The van der Waals surface area contributed by atoms with E-state index in [9.17, 15) is 0 Å². The highest BCUT2D eigenvalue weighted by Crippen LogP contribution is 2.35. The summed E-state index contributed by atoms with van der Waals surface area (Å²) in [6.07, 6.45) is 0. The summed E-state index contributed by atoms with van der Waals surface area (Å²) in [5.74, 6) is 1.45. The van der Waals surface area contributed by atoms with Crippen molar-refractivity contribution in [1.82, 2.24) is 29.5 Å². The number of pyridine rings is 1. The maximum absolute atomic E-state index is 5.06. The number of fused-ring (bicyclic) bond motifs is 5. The smallest absolute Gasteiger partial charge is 0.157 e. The van der Waals surface area contributed by atoms with Gasteiger partial charge >= 0.3 is 0 Å². The second-order valence-corrected chi connectivity index (χ2v) is 10.2. The Morgan fingerprint density at radius 2 is 1.03 bits per heavy atom. The van der Waals surface area contributed by atoms with E-state index in [-0.39, 0.29) is 0 Å². The predicted octanol–water partition coefficient (Wildman–Crippen LogP) is 7.88. The standard InChI is InChI=1S/C33H24N6/c1-19-11-13-30-22(15-19)23-16-20(2)12-14-31(23)39(30)21-17-28(32-35-24-7-3-4-8-25(24)36-32)34-29(18-21)33-37-26-9-5-6-10-27(26)38-33/h3-18H,1-2H3,(H,35,36)(H,37,38). The lowest BCUT2D eigenvalue weighted by Crippen LogP contribution is -1.99. The van der Waals surface area contributed by atoms with Crippen LogP contribution in [0.1, 0.15) is 11.1 Å². The summed E-state index contributed by atoms with van der Waals surface area (Å²) in [6.45, 7) is 4.29. The van der Waals surface area contributed by atoms with Crippen molar-refractivity contribution in [3.8, 4) is 28.7 Å². The number of nitrogens with zero attached hydrogens (tertiary/aromatic N) is 4. The van der Waals surface area contributed by atoms with E-state index in [1.54, 1.807) is 0 Å². The predicted molar refractivity (Wildman–Crippen MR) is 158 cm³/mol. The molecule has 0 unspecified atom stereocenters. The molecule has 0 spiro atoms. The molecule has 8 rings (SSSR count). The number of H-pyrrole nitrogens is 2. The Kier molecular flexibility index (Phi) is 4.55. The molecule has 0 fully saturated rings. The van der Waals surface area contributed by atoms with E-state index in [1.807, 2.05) is 48.5 Å². The molecule has 8 aromatic rings. The molecule has 4 heterocycles. The highest BCUT2D eigenvalue weighted by Gasteiger charge is 2.18. The Labute approximate surface area is 224 Å². The number of aryl methyl sites for hydroxylation is 2. The monoisotopic (exact) mass is 504 g/mol. The van der Waals surface area contributed by atoms with Crippen LogP contribution in [0.2, 0.25) is 0 Å². The third kappa shape index (κ3) is 3.45. The molecule has 0 saturated heterocycles. The van der Waals surface area contributed by atoms with Crippen molar-refractivity contribution in [3.05, 3.63) is 108 Å². The molecule has 0 atom stereocenters. The van der Waals surface area contributed by atoms with Crippen molar-refractivity contribution in [1.29, 1.82) is 0 Å². The van der Waals surface area contributed by atoms with Crippen LogP contribution in [-0.4, -0.2) is 29.5 Å². The Morgan fingerprint density at radius 3 is 1.51 bits per heavy atom. The average Bonchev–Trinajstić information content (AvgIpc) is 3.66. The third-order valence-electron chi connectivity index (χ3n) is 7.41.